The molecule has 5 rings (SSSR count). The van der Waals surface area contributed by atoms with Crippen molar-refractivity contribution in [1.82, 2.24) is 14.8 Å². The Morgan fingerprint density at radius 2 is 1.52 bits per heavy atom. The van der Waals surface area contributed by atoms with Crippen LogP contribution in [0.1, 0.15) is 42.6 Å². The van der Waals surface area contributed by atoms with E-state index < -0.39 is 0 Å². The number of anilines is 2. The minimum absolute atomic E-state index is 0.105. The number of para-hydroxylation sites is 1. The Morgan fingerprint density at radius 3 is 2.23 bits per heavy atom. The zero-order valence-electron chi connectivity index (χ0n) is 18.3. The number of piperazine rings is 2. The highest BCUT2D eigenvalue weighted by molar-refractivity contribution is 7.13. The van der Waals surface area contributed by atoms with E-state index in [0.29, 0.717) is 5.69 Å². The molecular formula is C24H33N5OS. The van der Waals surface area contributed by atoms with Crippen molar-refractivity contribution in [2.24, 2.45) is 0 Å². The van der Waals surface area contributed by atoms with Gasteiger partial charge in [0, 0.05) is 69.5 Å². The fourth-order valence-corrected chi connectivity index (χ4v) is 6.05. The van der Waals surface area contributed by atoms with Gasteiger partial charge in [-0.25, -0.2) is 4.98 Å². The maximum atomic E-state index is 13.0. The molecule has 166 valence electrons. The first kappa shape index (κ1) is 20.8. The van der Waals surface area contributed by atoms with Crippen molar-refractivity contribution in [3.8, 4) is 0 Å². The highest BCUT2D eigenvalue weighted by atomic mass is 32.1. The molecule has 0 radical (unpaired) electrons. The first-order chi connectivity index (χ1) is 15.3. The molecule has 0 atom stereocenters. The van der Waals surface area contributed by atoms with Gasteiger partial charge in [0.1, 0.15) is 5.69 Å². The van der Waals surface area contributed by atoms with Gasteiger partial charge in [0.05, 0.1) is 0 Å². The lowest BCUT2D eigenvalue weighted by atomic mass is 9.94. The minimum Gasteiger partial charge on any atom is -0.368 e. The summed E-state index contributed by atoms with van der Waals surface area (Å²) in [7, 11) is 0. The van der Waals surface area contributed by atoms with Gasteiger partial charge in [-0.2, -0.15) is 0 Å². The number of aromatic nitrogens is 1. The van der Waals surface area contributed by atoms with Crippen molar-refractivity contribution in [1.29, 1.82) is 0 Å². The van der Waals surface area contributed by atoms with Crippen LogP contribution in [0.4, 0.5) is 10.8 Å². The largest absolute Gasteiger partial charge is 0.368 e. The Bertz CT molecular complexity index is 850. The maximum Gasteiger partial charge on any atom is 0.273 e. The Hall–Kier alpha value is -2.12. The second-order valence-electron chi connectivity index (χ2n) is 8.94. The van der Waals surface area contributed by atoms with Gasteiger partial charge in [-0.05, 0) is 25.0 Å². The molecule has 0 N–H and O–H groups in total. The van der Waals surface area contributed by atoms with Crippen LogP contribution in [0.5, 0.6) is 0 Å². The topological polar surface area (TPSA) is 42.9 Å². The number of amides is 1. The standard InChI is InChI=1S/C24H33N5OS/c30-23(28-15-11-26(12-16-28)20-7-3-1-4-8-20)22-19-31-24(25-22)29-17-13-27(14-18-29)21-9-5-2-6-10-21/h2,5-6,9-10,19-20H,1,3-4,7-8,11-18H2. The van der Waals surface area contributed by atoms with Crippen molar-refractivity contribution in [2.45, 2.75) is 38.1 Å². The Balaban J connectivity index is 1.13. The van der Waals surface area contributed by atoms with E-state index in [2.05, 4.69) is 45.0 Å². The molecule has 3 fully saturated rings. The van der Waals surface area contributed by atoms with E-state index in [4.69, 9.17) is 4.98 Å². The molecule has 2 aliphatic heterocycles. The van der Waals surface area contributed by atoms with E-state index in [0.717, 1.165) is 63.5 Å². The van der Waals surface area contributed by atoms with E-state index in [1.165, 1.54) is 37.8 Å². The van der Waals surface area contributed by atoms with Crippen molar-refractivity contribution >= 4 is 28.1 Å². The highest BCUT2D eigenvalue weighted by Gasteiger charge is 2.29. The summed E-state index contributed by atoms with van der Waals surface area (Å²) in [5.41, 5.74) is 1.90. The lowest BCUT2D eigenvalue weighted by Gasteiger charge is -2.40. The number of benzene rings is 1. The molecule has 1 aliphatic carbocycles. The molecule has 0 unspecified atom stereocenters. The normalized spacial score (nSPS) is 21.5. The van der Waals surface area contributed by atoms with Crippen LogP contribution in [0.25, 0.3) is 0 Å². The predicted molar refractivity (Wildman–Crippen MR) is 127 cm³/mol. The number of hydrogen-bond acceptors (Lipinski definition) is 6. The summed E-state index contributed by atoms with van der Waals surface area (Å²) >= 11 is 1.61. The van der Waals surface area contributed by atoms with E-state index in [1.807, 2.05) is 10.3 Å². The first-order valence-electron chi connectivity index (χ1n) is 11.8. The zero-order valence-corrected chi connectivity index (χ0v) is 19.1. The monoisotopic (exact) mass is 439 g/mol. The van der Waals surface area contributed by atoms with Crippen LogP contribution in [0, 0.1) is 0 Å². The fourth-order valence-electron chi connectivity index (χ4n) is 5.20. The number of nitrogens with zero attached hydrogens (tertiary/aromatic N) is 5. The lowest BCUT2D eigenvalue weighted by Crippen LogP contribution is -2.52. The van der Waals surface area contributed by atoms with Crippen molar-refractivity contribution in [3.63, 3.8) is 0 Å². The van der Waals surface area contributed by atoms with E-state index in [-0.39, 0.29) is 5.91 Å². The summed E-state index contributed by atoms with van der Waals surface area (Å²) in [6.45, 7) is 7.53. The molecule has 0 bridgehead atoms. The number of carbonyl (C=O) groups excluding carboxylic acids is 1. The molecule has 2 aromatic rings. The number of hydrogen-bond donors (Lipinski definition) is 0. The summed E-state index contributed by atoms with van der Waals surface area (Å²) in [5.74, 6) is 0.105. The SMILES string of the molecule is O=C(c1csc(N2CCN(c3ccccc3)CC2)n1)N1CCN(C2CCCCC2)CC1. The van der Waals surface area contributed by atoms with Crippen LogP contribution in [-0.4, -0.2) is 79.1 Å². The van der Waals surface area contributed by atoms with Gasteiger partial charge in [0.15, 0.2) is 5.13 Å². The number of carbonyl (C=O) groups is 1. The molecule has 31 heavy (non-hydrogen) atoms. The van der Waals surface area contributed by atoms with Crippen LogP contribution in [0.15, 0.2) is 35.7 Å². The molecule has 0 spiro atoms. The second-order valence-corrected chi connectivity index (χ2v) is 9.78. The van der Waals surface area contributed by atoms with Crippen LogP contribution < -0.4 is 9.80 Å². The van der Waals surface area contributed by atoms with Crippen molar-refractivity contribution in [2.75, 3.05) is 62.2 Å². The van der Waals surface area contributed by atoms with Gasteiger partial charge in [0.25, 0.3) is 5.91 Å². The summed E-state index contributed by atoms with van der Waals surface area (Å²) in [6, 6.07) is 11.3. The molecule has 3 aliphatic rings. The minimum atomic E-state index is 0.105. The Morgan fingerprint density at radius 1 is 0.839 bits per heavy atom. The Labute approximate surface area is 189 Å². The number of thiazole rings is 1. The summed E-state index contributed by atoms with van der Waals surface area (Å²) in [6.07, 6.45) is 6.79. The van der Waals surface area contributed by atoms with Gasteiger partial charge in [-0.1, -0.05) is 37.5 Å². The third-order valence-corrected chi connectivity index (χ3v) is 7.98. The van der Waals surface area contributed by atoms with Gasteiger partial charge in [-0.15, -0.1) is 11.3 Å². The predicted octanol–water partition coefficient (Wildman–Crippen LogP) is 3.56. The van der Waals surface area contributed by atoms with E-state index in [1.54, 1.807) is 11.3 Å². The molecule has 2 saturated heterocycles. The molecule has 1 saturated carbocycles. The zero-order chi connectivity index (χ0) is 21.0. The molecule has 1 amide bonds. The average Bonchev–Trinajstić information content (AvgIpc) is 3.35. The summed E-state index contributed by atoms with van der Waals surface area (Å²) in [5, 5.41) is 2.94. The second kappa shape index (κ2) is 9.57. The third kappa shape index (κ3) is 4.72. The average molecular weight is 440 g/mol. The maximum absolute atomic E-state index is 13.0. The van der Waals surface area contributed by atoms with Gasteiger partial charge in [-0.3, -0.25) is 9.69 Å². The number of rotatable bonds is 4. The van der Waals surface area contributed by atoms with Gasteiger partial charge in [0.2, 0.25) is 0 Å². The fraction of sp³-hybridized carbons (Fsp3) is 0.583. The quantitative estimate of drug-likeness (QED) is 0.729. The summed E-state index contributed by atoms with van der Waals surface area (Å²) in [4.78, 5) is 27.1. The van der Waals surface area contributed by atoms with Crippen LogP contribution in [0.2, 0.25) is 0 Å². The van der Waals surface area contributed by atoms with E-state index in [9.17, 15) is 4.79 Å². The Kier molecular flexibility index (Phi) is 6.41. The smallest absolute Gasteiger partial charge is 0.273 e. The molecule has 6 nitrogen and oxygen atoms in total. The molecule has 3 heterocycles. The third-order valence-electron chi connectivity index (χ3n) is 7.08. The van der Waals surface area contributed by atoms with Gasteiger partial charge < -0.3 is 14.7 Å². The first-order valence-corrected chi connectivity index (χ1v) is 12.7. The van der Waals surface area contributed by atoms with Crippen LogP contribution in [0.3, 0.4) is 0 Å². The lowest BCUT2D eigenvalue weighted by molar-refractivity contribution is 0.0519. The molecule has 7 heteroatoms. The molecular weight excluding hydrogens is 406 g/mol. The van der Waals surface area contributed by atoms with Crippen LogP contribution >= 0.6 is 11.3 Å². The van der Waals surface area contributed by atoms with Crippen molar-refractivity contribution < 1.29 is 4.79 Å². The van der Waals surface area contributed by atoms with Gasteiger partial charge >= 0.3 is 0 Å². The molecule has 1 aromatic carbocycles. The summed E-state index contributed by atoms with van der Waals surface area (Å²) < 4.78 is 0. The molecule has 1 aromatic heterocycles. The van der Waals surface area contributed by atoms with Crippen LogP contribution in [-0.2, 0) is 0 Å². The van der Waals surface area contributed by atoms with Crippen molar-refractivity contribution in [3.05, 3.63) is 41.4 Å². The highest BCUT2D eigenvalue weighted by Crippen LogP contribution is 2.26. The van der Waals surface area contributed by atoms with E-state index >= 15 is 0 Å².